The van der Waals surface area contributed by atoms with E-state index < -0.39 is 49.6 Å². The third kappa shape index (κ3) is 3.38. The van der Waals surface area contributed by atoms with Crippen LogP contribution in [0.15, 0.2) is 42.5 Å². The van der Waals surface area contributed by atoms with Gasteiger partial charge in [-0.1, -0.05) is 30.3 Å². The average Bonchev–Trinajstić information content (AvgIpc) is 2.54. The first kappa shape index (κ1) is 16.7. The molecule has 2 rings (SSSR count). The maximum absolute atomic E-state index is 12.2. The molecular formula is C14H9N3O7. The van der Waals surface area contributed by atoms with Crippen LogP contribution in [0.2, 0.25) is 0 Å². The lowest BCUT2D eigenvalue weighted by Crippen LogP contribution is -2.09. The van der Waals surface area contributed by atoms with Crippen LogP contribution in [0, 0.1) is 30.3 Å². The van der Waals surface area contributed by atoms with Crippen LogP contribution in [-0.2, 0) is 6.42 Å². The van der Waals surface area contributed by atoms with Gasteiger partial charge in [-0.3, -0.25) is 35.1 Å². The minimum Gasteiger partial charge on any atom is -0.294 e. The van der Waals surface area contributed by atoms with E-state index in [1.54, 1.807) is 18.2 Å². The lowest BCUT2D eigenvalue weighted by molar-refractivity contribution is -0.404. The molecule has 122 valence electrons. The molecule has 0 aliphatic rings. The van der Waals surface area contributed by atoms with E-state index in [2.05, 4.69) is 0 Å². The maximum atomic E-state index is 12.2. The second-order valence-electron chi connectivity index (χ2n) is 4.70. The number of carbonyl (C=O) groups is 1. The zero-order valence-corrected chi connectivity index (χ0v) is 11.9. The molecule has 0 radical (unpaired) electrons. The number of ketones is 1. The van der Waals surface area contributed by atoms with E-state index in [1.165, 1.54) is 12.1 Å². The van der Waals surface area contributed by atoms with Gasteiger partial charge < -0.3 is 0 Å². The summed E-state index contributed by atoms with van der Waals surface area (Å²) < 4.78 is 0. The first-order valence-electron chi connectivity index (χ1n) is 6.49. The highest BCUT2D eigenvalue weighted by molar-refractivity contribution is 5.98. The van der Waals surface area contributed by atoms with Crippen molar-refractivity contribution in [1.29, 1.82) is 0 Å². The molecule has 0 amide bonds. The zero-order chi connectivity index (χ0) is 17.9. The van der Waals surface area contributed by atoms with E-state index in [1.807, 2.05) is 0 Å². The van der Waals surface area contributed by atoms with Crippen LogP contribution in [-0.4, -0.2) is 20.6 Å². The summed E-state index contributed by atoms with van der Waals surface area (Å²) in [5.74, 6) is -0.573. The van der Waals surface area contributed by atoms with Gasteiger partial charge in [-0.05, 0) is 0 Å². The van der Waals surface area contributed by atoms with Crippen molar-refractivity contribution in [2.24, 2.45) is 0 Å². The van der Waals surface area contributed by atoms with Crippen molar-refractivity contribution < 1.29 is 19.6 Å². The monoisotopic (exact) mass is 331 g/mol. The van der Waals surface area contributed by atoms with Gasteiger partial charge >= 0.3 is 0 Å². The van der Waals surface area contributed by atoms with Gasteiger partial charge in [-0.25, -0.2) is 0 Å². The van der Waals surface area contributed by atoms with Gasteiger partial charge in [0, 0.05) is 12.0 Å². The van der Waals surface area contributed by atoms with Crippen LogP contribution in [0.1, 0.15) is 15.9 Å². The standard InChI is InChI=1S/C14H9N3O7/c18-14(9-4-2-1-3-5-9)8-11-12(16(21)22)6-10(15(19)20)7-13(11)17(23)24/h1-7H,8H2. The van der Waals surface area contributed by atoms with E-state index in [0.717, 1.165) is 0 Å². The highest BCUT2D eigenvalue weighted by Gasteiger charge is 2.31. The lowest BCUT2D eigenvalue weighted by atomic mass is 9.99. The second kappa shape index (κ2) is 6.60. The fourth-order valence-corrected chi connectivity index (χ4v) is 2.13. The minimum atomic E-state index is -0.979. The minimum absolute atomic E-state index is 0.222. The van der Waals surface area contributed by atoms with Gasteiger partial charge in [-0.15, -0.1) is 0 Å². The zero-order valence-electron chi connectivity index (χ0n) is 11.9. The number of carbonyl (C=O) groups excluding carboxylic acids is 1. The Morgan fingerprint density at radius 2 is 1.33 bits per heavy atom. The van der Waals surface area contributed by atoms with Gasteiger partial charge in [-0.2, -0.15) is 0 Å². The third-order valence-electron chi connectivity index (χ3n) is 3.22. The molecule has 0 unspecified atom stereocenters. The molecule has 0 aliphatic carbocycles. The largest absolute Gasteiger partial charge is 0.294 e. The molecule has 0 aliphatic heterocycles. The van der Waals surface area contributed by atoms with Crippen LogP contribution in [0.4, 0.5) is 17.1 Å². The van der Waals surface area contributed by atoms with E-state index in [9.17, 15) is 35.1 Å². The average molecular weight is 331 g/mol. The normalized spacial score (nSPS) is 10.2. The summed E-state index contributed by atoms with van der Waals surface area (Å²) >= 11 is 0. The molecule has 24 heavy (non-hydrogen) atoms. The summed E-state index contributed by atoms with van der Waals surface area (Å²) in [6, 6.07) is 8.96. The van der Waals surface area contributed by atoms with E-state index in [4.69, 9.17) is 0 Å². The summed E-state index contributed by atoms with van der Waals surface area (Å²) in [7, 11) is 0. The number of hydrogen-bond acceptors (Lipinski definition) is 7. The van der Waals surface area contributed by atoms with Crippen molar-refractivity contribution in [2.45, 2.75) is 6.42 Å². The Labute approximate surface area is 133 Å². The Kier molecular flexibility index (Phi) is 4.59. The Bertz CT molecular complexity index is 814. The molecule has 0 heterocycles. The molecular weight excluding hydrogens is 322 g/mol. The number of nitro benzene ring substituents is 3. The van der Waals surface area contributed by atoms with E-state index in [-0.39, 0.29) is 5.56 Å². The number of rotatable bonds is 6. The number of hydrogen-bond donors (Lipinski definition) is 0. The number of benzene rings is 2. The van der Waals surface area contributed by atoms with Crippen molar-refractivity contribution in [2.75, 3.05) is 0 Å². The molecule has 0 saturated heterocycles. The number of non-ortho nitro benzene ring substituents is 1. The molecule has 10 heteroatoms. The first-order chi connectivity index (χ1) is 11.3. The predicted octanol–water partition coefficient (Wildman–Crippen LogP) is 2.84. The van der Waals surface area contributed by atoms with Crippen LogP contribution < -0.4 is 0 Å². The molecule has 2 aromatic rings. The van der Waals surface area contributed by atoms with Crippen LogP contribution in [0.3, 0.4) is 0 Å². The Morgan fingerprint density at radius 3 is 1.75 bits per heavy atom. The fourth-order valence-electron chi connectivity index (χ4n) is 2.13. The Hall–Kier alpha value is -3.69. The Morgan fingerprint density at radius 1 is 0.833 bits per heavy atom. The summed E-state index contributed by atoms with van der Waals surface area (Å²) in [6.45, 7) is 0. The highest BCUT2D eigenvalue weighted by atomic mass is 16.6. The van der Waals surface area contributed by atoms with Crippen molar-refractivity contribution >= 4 is 22.8 Å². The van der Waals surface area contributed by atoms with E-state index in [0.29, 0.717) is 12.1 Å². The molecule has 0 fully saturated rings. The van der Waals surface area contributed by atoms with Gasteiger partial charge in [0.1, 0.15) is 5.56 Å². The summed E-state index contributed by atoms with van der Waals surface area (Å²) in [4.78, 5) is 42.4. The van der Waals surface area contributed by atoms with Crippen LogP contribution in [0.25, 0.3) is 0 Å². The molecule has 0 bridgehead atoms. The molecule has 0 aromatic heterocycles. The first-order valence-corrected chi connectivity index (χ1v) is 6.49. The molecule has 0 spiro atoms. The molecule has 10 nitrogen and oxygen atoms in total. The molecule has 0 saturated carbocycles. The smallest absolute Gasteiger partial charge is 0.286 e. The van der Waals surface area contributed by atoms with Crippen molar-refractivity contribution in [3.05, 3.63) is 83.9 Å². The predicted molar refractivity (Wildman–Crippen MR) is 80.9 cm³/mol. The lowest BCUT2D eigenvalue weighted by Gasteiger charge is -2.05. The van der Waals surface area contributed by atoms with Gasteiger partial charge in [0.2, 0.25) is 0 Å². The van der Waals surface area contributed by atoms with Gasteiger partial charge in [0.25, 0.3) is 17.1 Å². The van der Waals surface area contributed by atoms with Crippen molar-refractivity contribution in [3.63, 3.8) is 0 Å². The molecule has 0 atom stereocenters. The quantitative estimate of drug-likeness (QED) is 0.449. The Balaban J connectivity index is 2.58. The topological polar surface area (TPSA) is 146 Å². The fraction of sp³-hybridized carbons (Fsp3) is 0.0714. The van der Waals surface area contributed by atoms with Crippen molar-refractivity contribution in [1.82, 2.24) is 0 Å². The van der Waals surface area contributed by atoms with Crippen LogP contribution in [0.5, 0.6) is 0 Å². The summed E-state index contributed by atoms with van der Waals surface area (Å²) in [6.07, 6.45) is -0.616. The molecule has 2 aromatic carbocycles. The van der Waals surface area contributed by atoms with Crippen molar-refractivity contribution in [3.8, 4) is 0 Å². The summed E-state index contributed by atoms with van der Waals surface area (Å²) in [5, 5.41) is 33.1. The van der Waals surface area contributed by atoms with Crippen LogP contribution >= 0.6 is 0 Å². The SMILES string of the molecule is O=C(Cc1c([N+](=O)[O-])cc([N+](=O)[O-])cc1[N+](=O)[O-])c1ccccc1. The maximum Gasteiger partial charge on any atom is 0.286 e. The van der Waals surface area contributed by atoms with Gasteiger partial charge in [0.05, 0.1) is 26.9 Å². The second-order valence-corrected chi connectivity index (χ2v) is 4.70. The third-order valence-corrected chi connectivity index (χ3v) is 3.22. The highest BCUT2D eigenvalue weighted by Crippen LogP contribution is 2.34. The summed E-state index contributed by atoms with van der Waals surface area (Å²) in [5.41, 5.74) is -2.70. The molecule has 0 N–H and O–H groups in total. The number of nitrogens with zero attached hydrogens (tertiary/aromatic N) is 3. The number of nitro groups is 3. The van der Waals surface area contributed by atoms with E-state index >= 15 is 0 Å². The van der Waals surface area contributed by atoms with Gasteiger partial charge in [0.15, 0.2) is 5.78 Å². The number of Topliss-reactive ketones (excluding diaryl/α,β-unsaturated/α-hetero) is 1.